The number of likely N-dealkylation sites (tertiary alicyclic amines) is 1. The molecule has 2 unspecified atom stereocenters. The molecule has 1 N–H and O–H groups in total. The first-order valence-corrected chi connectivity index (χ1v) is 20.8. The van der Waals surface area contributed by atoms with E-state index in [1.54, 1.807) is 6.20 Å². The van der Waals surface area contributed by atoms with E-state index in [2.05, 4.69) is 83.1 Å². The largest absolute Gasteiger partial charge is 0.354 e. The average molecular weight is 779 g/mol. The molecule has 2 fully saturated rings. The molecule has 0 bridgehead atoms. The maximum absolute atomic E-state index is 10.1. The quantitative estimate of drug-likeness (QED) is 0.130. The molecule has 4 aromatic heterocycles. The molecule has 14 heteroatoms. The van der Waals surface area contributed by atoms with Gasteiger partial charge in [-0.25, -0.2) is 29.9 Å². The Morgan fingerprint density at radius 3 is 1.91 bits per heavy atom. The van der Waals surface area contributed by atoms with Gasteiger partial charge in [0.1, 0.15) is 23.5 Å². The molecule has 0 amide bonds. The van der Waals surface area contributed by atoms with Gasteiger partial charge in [0.2, 0.25) is 11.9 Å². The minimum absolute atomic E-state index is 0.527. The molecular weight excluding hydrogens is 725 g/mol. The predicted octanol–water partition coefficient (Wildman–Crippen LogP) is 6.35. The van der Waals surface area contributed by atoms with E-state index >= 15 is 0 Å². The summed E-state index contributed by atoms with van der Waals surface area (Å²) in [6, 6.07) is 22.7. The number of anilines is 2. The maximum Gasteiger partial charge on any atom is 0.225 e. The van der Waals surface area contributed by atoms with Crippen molar-refractivity contribution in [1.29, 1.82) is 10.5 Å². The summed E-state index contributed by atoms with van der Waals surface area (Å²) in [5, 5.41) is 23.3. The topological polar surface area (TPSA) is 157 Å². The molecular formula is C44H54N14. The highest BCUT2D eigenvalue weighted by Crippen LogP contribution is 2.30. The van der Waals surface area contributed by atoms with Crippen molar-refractivity contribution in [1.82, 2.24) is 48.8 Å². The van der Waals surface area contributed by atoms with E-state index in [-0.39, 0.29) is 0 Å². The Kier molecular flexibility index (Phi) is 13.2. The number of hydrogen-bond acceptors (Lipinski definition) is 12. The number of benzene rings is 2. The van der Waals surface area contributed by atoms with Gasteiger partial charge in [-0.1, -0.05) is 31.2 Å². The second-order valence-corrected chi connectivity index (χ2v) is 14.8. The second-order valence-electron chi connectivity index (χ2n) is 14.8. The molecule has 6 heterocycles. The number of nitriles is 2. The van der Waals surface area contributed by atoms with Gasteiger partial charge in [-0.15, -0.1) is 0 Å². The Balaban J connectivity index is 0.000000177. The van der Waals surface area contributed by atoms with Gasteiger partial charge in [-0.3, -0.25) is 0 Å². The van der Waals surface area contributed by atoms with Crippen LogP contribution >= 0.6 is 0 Å². The zero-order valence-electron chi connectivity index (χ0n) is 34.2. The minimum Gasteiger partial charge on any atom is -0.354 e. The average Bonchev–Trinajstić information content (AvgIpc) is 4.02. The van der Waals surface area contributed by atoms with E-state index < -0.39 is 11.8 Å². The third kappa shape index (κ3) is 8.79. The number of likely N-dealkylation sites (N-methyl/N-ethyl adjacent to an activating group) is 1. The first-order chi connectivity index (χ1) is 28.5. The highest BCUT2D eigenvalue weighted by molar-refractivity contribution is 5.77. The fourth-order valence-electron chi connectivity index (χ4n) is 8.07. The SMILES string of the molecule is CCN1CCN(c2ncc(C)c(C(C#N)c3nc4ccccc4n3CC)n2)CC1.CCn1c(C(C#N)c2ccnc(NCCCN3CCCC3)n2)nc2ccccc21. The van der Waals surface area contributed by atoms with Crippen LogP contribution in [0.3, 0.4) is 0 Å². The van der Waals surface area contributed by atoms with Gasteiger partial charge >= 0.3 is 0 Å². The fraction of sp³-hybridized carbons (Fsp3) is 0.455. The van der Waals surface area contributed by atoms with Crippen molar-refractivity contribution in [2.45, 2.75) is 71.9 Å². The summed E-state index contributed by atoms with van der Waals surface area (Å²) in [6.07, 6.45) is 7.25. The third-order valence-corrected chi connectivity index (χ3v) is 11.3. The molecule has 0 spiro atoms. The Bertz CT molecular complexity index is 2370. The van der Waals surface area contributed by atoms with Crippen LogP contribution in [0.1, 0.15) is 80.5 Å². The molecule has 58 heavy (non-hydrogen) atoms. The van der Waals surface area contributed by atoms with Gasteiger partial charge in [0.25, 0.3) is 0 Å². The third-order valence-electron chi connectivity index (χ3n) is 11.3. The molecule has 0 radical (unpaired) electrons. The van der Waals surface area contributed by atoms with Crippen LogP contribution in [0.4, 0.5) is 11.9 Å². The number of aryl methyl sites for hydroxylation is 3. The number of fused-ring (bicyclic) bond motifs is 2. The number of piperazine rings is 1. The molecule has 14 nitrogen and oxygen atoms in total. The van der Waals surface area contributed by atoms with Crippen molar-refractivity contribution < 1.29 is 0 Å². The summed E-state index contributed by atoms with van der Waals surface area (Å²) >= 11 is 0. The van der Waals surface area contributed by atoms with E-state index in [1.165, 1.54) is 25.9 Å². The molecule has 2 aliphatic rings. The van der Waals surface area contributed by atoms with Gasteiger partial charge in [0, 0.05) is 58.2 Å². The van der Waals surface area contributed by atoms with Gasteiger partial charge in [0.15, 0.2) is 0 Å². The van der Waals surface area contributed by atoms with Gasteiger partial charge in [-0.05, 0) is 102 Å². The summed E-state index contributed by atoms with van der Waals surface area (Å²) in [6.45, 7) is 19.1. The van der Waals surface area contributed by atoms with Crippen LogP contribution in [0.5, 0.6) is 0 Å². The number of hydrogen-bond donors (Lipinski definition) is 1. The number of aromatic nitrogens is 8. The minimum atomic E-state index is -0.532. The van der Waals surface area contributed by atoms with E-state index in [0.29, 0.717) is 17.6 Å². The molecule has 2 aromatic carbocycles. The lowest BCUT2D eigenvalue weighted by molar-refractivity contribution is 0.270. The summed E-state index contributed by atoms with van der Waals surface area (Å²) in [5.41, 5.74) is 6.25. The van der Waals surface area contributed by atoms with Crippen molar-refractivity contribution >= 4 is 34.0 Å². The lowest BCUT2D eigenvalue weighted by Crippen LogP contribution is -2.46. The van der Waals surface area contributed by atoms with Crippen LogP contribution in [0.15, 0.2) is 67.0 Å². The van der Waals surface area contributed by atoms with Gasteiger partial charge in [-0.2, -0.15) is 10.5 Å². The molecule has 2 saturated heterocycles. The number of para-hydroxylation sites is 4. The molecule has 2 atom stereocenters. The first kappa shape index (κ1) is 40.2. The summed E-state index contributed by atoms with van der Waals surface area (Å²) in [7, 11) is 0. The highest BCUT2D eigenvalue weighted by atomic mass is 15.3. The van der Waals surface area contributed by atoms with Crippen LogP contribution < -0.4 is 10.2 Å². The van der Waals surface area contributed by atoms with Crippen LogP contribution in [0, 0.1) is 29.6 Å². The standard InChI is InChI=1S/2C22H27N7/c1-4-27-10-12-28(13-11-27)22-24-15-16(3)20(26-22)17(14-23)21-25-18-8-6-7-9-19(18)29(21)5-2;1-2-29-20-9-4-3-8-19(20)26-21(29)17(16-23)18-10-12-25-22(27-18)24-11-7-15-28-13-5-6-14-28/h6-9,15,17H,4-5,10-13H2,1-3H3;3-4,8-10,12,17H,2,5-7,11,13-15H2,1H3,(H,24,25,27). The smallest absolute Gasteiger partial charge is 0.225 e. The zero-order valence-corrected chi connectivity index (χ0v) is 34.2. The van der Waals surface area contributed by atoms with Crippen LogP contribution in [0.2, 0.25) is 0 Å². The van der Waals surface area contributed by atoms with Crippen molar-refractivity contribution in [3.05, 3.63) is 95.6 Å². The van der Waals surface area contributed by atoms with E-state index in [1.807, 2.05) is 61.7 Å². The summed E-state index contributed by atoms with van der Waals surface area (Å²) < 4.78 is 4.21. The zero-order chi connectivity index (χ0) is 40.4. The first-order valence-electron chi connectivity index (χ1n) is 20.8. The highest BCUT2D eigenvalue weighted by Gasteiger charge is 2.27. The van der Waals surface area contributed by atoms with Crippen molar-refractivity contribution in [2.75, 3.05) is 69.1 Å². The lowest BCUT2D eigenvalue weighted by atomic mass is 10.0. The number of nitrogens with zero attached hydrogens (tertiary/aromatic N) is 13. The van der Waals surface area contributed by atoms with Crippen molar-refractivity contribution in [2.24, 2.45) is 0 Å². The molecule has 0 saturated carbocycles. The van der Waals surface area contributed by atoms with E-state index in [4.69, 9.17) is 15.0 Å². The fourth-order valence-corrected chi connectivity index (χ4v) is 8.07. The predicted molar refractivity (Wildman–Crippen MR) is 228 cm³/mol. The second kappa shape index (κ2) is 19.0. The molecule has 2 aliphatic heterocycles. The van der Waals surface area contributed by atoms with Crippen molar-refractivity contribution in [3.8, 4) is 12.1 Å². The molecule has 0 aliphatic carbocycles. The van der Waals surface area contributed by atoms with Gasteiger partial charge in [0.05, 0.1) is 45.6 Å². The number of imidazole rings is 2. The van der Waals surface area contributed by atoms with E-state index in [0.717, 1.165) is 110 Å². The maximum atomic E-state index is 10.1. The lowest BCUT2D eigenvalue weighted by Gasteiger charge is -2.34. The van der Waals surface area contributed by atoms with Crippen LogP contribution in [0.25, 0.3) is 22.1 Å². The normalized spacial score (nSPS) is 15.8. The van der Waals surface area contributed by atoms with Crippen LogP contribution in [-0.4, -0.2) is 108 Å². The summed E-state index contributed by atoms with van der Waals surface area (Å²) in [4.78, 5) is 35.1. The molecule has 8 rings (SSSR count). The van der Waals surface area contributed by atoms with E-state index in [9.17, 15) is 10.5 Å². The van der Waals surface area contributed by atoms with Crippen LogP contribution in [-0.2, 0) is 13.1 Å². The number of rotatable bonds is 13. The monoisotopic (exact) mass is 778 g/mol. The Morgan fingerprint density at radius 1 is 0.690 bits per heavy atom. The van der Waals surface area contributed by atoms with Crippen molar-refractivity contribution in [3.63, 3.8) is 0 Å². The molecule has 300 valence electrons. The number of nitrogens with one attached hydrogen (secondary N) is 1. The molecule has 6 aromatic rings. The Labute approximate surface area is 341 Å². The summed E-state index contributed by atoms with van der Waals surface area (Å²) in [5.74, 6) is 1.70. The Morgan fingerprint density at radius 2 is 1.31 bits per heavy atom. The Hall–Kier alpha value is -5.96. The van der Waals surface area contributed by atoms with Gasteiger partial charge < -0.3 is 29.2 Å².